The fourth-order valence-electron chi connectivity index (χ4n) is 2.72. The lowest BCUT2D eigenvalue weighted by atomic mass is 10.2. The Morgan fingerprint density at radius 3 is 2.40 bits per heavy atom. The molecule has 1 saturated heterocycles. The second kappa shape index (κ2) is 7.60. The van der Waals surface area contributed by atoms with Crippen molar-refractivity contribution >= 4 is 40.6 Å². The van der Waals surface area contributed by atoms with Gasteiger partial charge in [0.25, 0.3) is 0 Å². The number of carbonyl (C=O) groups excluding carboxylic acids is 1. The third kappa shape index (κ3) is 3.78. The van der Waals surface area contributed by atoms with Gasteiger partial charge in [0, 0.05) is 38.6 Å². The van der Waals surface area contributed by atoms with Gasteiger partial charge < -0.3 is 15.1 Å². The number of nitrogens with one attached hydrogen (secondary N) is 1. The molecule has 1 aliphatic heterocycles. The summed E-state index contributed by atoms with van der Waals surface area (Å²) in [5.41, 5.74) is 1.69. The summed E-state index contributed by atoms with van der Waals surface area (Å²) in [7, 11) is 0. The van der Waals surface area contributed by atoms with Crippen molar-refractivity contribution in [1.82, 2.24) is 9.88 Å². The van der Waals surface area contributed by atoms with E-state index in [1.165, 1.54) is 0 Å². The molecule has 0 spiro atoms. The van der Waals surface area contributed by atoms with Gasteiger partial charge in [-0.2, -0.15) is 5.26 Å². The van der Waals surface area contributed by atoms with Crippen LogP contribution in [-0.2, 0) is 0 Å². The number of carbonyl (C=O) groups is 1. The number of urea groups is 1. The summed E-state index contributed by atoms with van der Waals surface area (Å²) in [5, 5.41) is 12.9. The monoisotopic (exact) mass is 375 g/mol. The fourth-order valence-corrected chi connectivity index (χ4v) is 3.33. The zero-order valence-electron chi connectivity index (χ0n) is 13.2. The molecule has 8 heteroatoms. The molecule has 1 N–H and O–H groups in total. The maximum absolute atomic E-state index is 12.4. The van der Waals surface area contributed by atoms with Crippen molar-refractivity contribution in [3.63, 3.8) is 0 Å². The molecule has 3 rings (SSSR count). The molecular formula is C17H15Cl2N5O. The molecule has 1 aromatic carbocycles. The van der Waals surface area contributed by atoms with E-state index < -0.39 is 0 Å². The molecule has 1 aliphatic rings. The van der Waals surface area contributed by atoms with Crippen LogP contribution < -0.4 is 10.2 Å². The van der Waals surface area contributed by atoms with Crippen LogP contribution in [0.15, 0.2) is 36.7 Å². The normalized spacial score (nSPS) is 14.1. The third-order valence-electron chi connectivity index (χ3n) is 4.00. The molecule has 1 fully saturated rings. The Hall–Kier alpha value is -2.49. The van der Waals surface area contributed by atoms with Crippen molar-refractivity contribution < 1.29 is 4.79 Å². The van der Waals surface area contributed by atoms with Gasteiger partial charge in [0.2, 0.25) is 0 Å². The zero-order valence-corrected chi connectivity index (χ0v) is 14.8. The summed E-state index contributed by atoms with van der Waals surface area (Å²) in [6.07, 6.45) is 3.11. The molecule has 0 saturated carbocycles. The van der Waals surface area contributed by atoms with Gasteiger partial charge >= 0.3 is 6.03 Å². The smallest absolute Gasteiger partial charge is 0.322 e. The second-order valence-corrected chi connectivity index (χ2v) is 6.33. The van der Waals surface area contributed by atoms with Gasteiger partial charge in [0.05, 0.1) is 27.0 Å². The minimum absolute atomic E-state index is 0.228. The van der Waals surface area contributed by atoms with Gasteiger partial charge in [0.1, 0.15) is 6.07 Å². The number of benzene rings is 1. The molecule has 2 aromatic rings. The quantitative estimate of drug-likeness (QED) is 0.869. The molecule has 25 heavy (non-hydrogen) atoms. The number of hydrogen-bond donors (Lipinski definition) is 1. The highest BCUT2D eigenvalue weighted by atomic mass is 35.5. The van der Waals surface area contributed by atoms with Crippen LogP contribution in [0.1, 0.15) is 5.56 Å². The zero-order chi connectivity index (χ0) is 17.8. The third-order valence-corrected chi connectivity index (χ3v) is 4.55. The SMILES string of the molecule is N#Cc1ccccc1NC(=O)N1CCN(c2c(Cl)cncc2Cl)CC1. The summed E-state index contributed by atoms with van der Waals surface area (Å²) in [6.45, 7) is 2.26. The van der Waals surface area contributed by atoms with Crippen LogP contribution in [0.3, 0.4) is 0 Å². The Balaban J connectivity index is 1.64. The predicted octanol–water partition coefficient (Wildman–Crippen LogP) is 3.61. The highest BCUT2D eigenvalue weighted by molar-refractivity contribution is 6.38. The minimum atomic E-state index is -0.228. The van der Waals surface area contributed by atoms with E-state index in [9.17, 15) is 4.79 Å². The molecular weight excluding hydrogens is 361 g/mol. The van der Waals surface area contributed by atoms with Crippen molar-refractivity contribution in [3.05, 3.63) is 52.3 Å². The molecule has 128 valence electrons. The van der Waals surface area contributed by atoms with Gasteiger partial charge in [0.15, 0.2) is 0 Å². The van der Waals surface area contributed by atoms with Gasteiger partial charge in [-0.05, 0) is 12.1 Å². The van der Waals surface area contributed by atoms with Crippen LogP contribution in [0.4, 0.5) is 16.2 Å². The maximum Gasteiger partial charge on any atom is 0.322 e. The number of amides is 2. The number of nitriles is 1. The molecule has 0 unspecified atom stereocenters. The lowest BCUT2D eigenvalue weighted by molar-refractivity contribution is 0.208. The summed E-state index contributed by atoms with van der Waals surface area (Å²) >= 11 is 12.4. The van der Waals surface area contributed by atoms with E-state index in [1.54, 1.807) is 41.6 Å². The molecule has 0 aliphatic carbocycles. The van der Waals surface area contributed by atoms with Crippen LogP contribution in [0.25, 0.3) is 0 Å². The molecule has 2 amide bonds. The van der Waals surface area contributed by atoms with Crippen LogP contribution in [0.5, 0.6) is 0 Å². The Morgan fingerprint density at radius 2 is 1.76 bits per heavy atom. The van der Waals surface area contributed by atoms with E-state index in [-0.39, 0.29) is 6.03 Å². The van der Waals surface area contributed by atoms with Crippen molar-refractivity contribution in [3.8, 4) is 6.07 Å². The van der Waals surface area contributed by atoms with Crippen molar-refractivity contribution in [1.29, 1.82) is 5.26 Å². The van der Waals surface area contributed by atoms with Crippen molar-refractivity contribution in [2.45, 2.75) is 0 Å². The van der Waals surface area contributed by atoms with Gasteiger partial charge in [-0.15, -0.1) is 0 Å². The Kier molecular flexibility index (Phi) is 5.27. The minimum Gasteiger partial charge on any atom is -0.365 e. The van der Waals surface area contributed by atoms with E-state index >= 15 is 0 Å². The van der Waals surface area contributed by atoms with E-state index in [1.807, 2.05) is 4.90 Å². The number of nitrogens with zero attached hydrogens (tertiary/aromatic N) is 4. The molecule has 6 nitrogen and oxygen atoms in total. The summed E-state index contributed by atoms with van der Waals surface area (Å²) in [5.74, 6) is 0. The molecule has 0 bridgehead atoms. The number of anilines is 2. The molecule has 2 heterocycles. The lowest BCUT2D eigenvalue weighted by Gasteiger charge is -2.36. The number of para-hydroxylation sites is 1. The number of rotatable bonds is 2. The van der Waals surface area contributed by atoms with Crippen LogP contribution in [0.2, 0.25) is 10.0 Å². The Bertz CT molecular complexity index is 808. The maximum atomic E-state index is 12.4. The fraction of sp³-hybridized carbons (Fsp3) is 0.235. The summed E-state index contributed by atoms with van der Waals surface area (Å²) in [4.78, 5) is 20.1. The average Bonchev–Trinajstić information content (AvgIpc) is 2.62. The number of piperazine rings is 1. The van der Waals surface area contributed by atoms with Crippen molar-refractivity contribution in [2.24, 2.45) is 0 Å². The summed E-state index contributed by atoms with van der Waals surface area (Å²) in [6, 6.07) is 8.76. The highest BCUT2D eigenvalue weighted by Gasteiger charge is 2.24. The average molecular weight is 376 g/mol. The summed E-state index contributed by atoms with van der Waals surface area (Å²) < 4.78 is 0. The van der Waals surface area contributed by atoms with Crippen LogP contribution in [0, 0.1) is 11.3 Å². The molecule has 0 radical (unpaired) electrons. The number of hydrogen-bond acceptors (Lipinski definition) is 4. The van der Waals surface area contributed by atoms with Crippen molar-refractivity contribution in [2.75, 3.05) is 36.4 Å². The van der Waals surface area contributed by atoms with E-state index in [4.69, 9.17) is 28.5 Å². The topological polar surface area (TPSA) is 72.3 Å². The van der Waals surface area contributed by atoms with Crippen LogP contribution in [-0.4, -0.2) is 42.1 Å². The first-order chi connectivity index (χ1) is 12.1. The van der Waals surface area contributed by atoms with Gasteiger partial charge in [-0.1, -0.05) is 35.3 Å². The lowest BCUT2D eigenvalue weighted by Crippen LogP contribution is -2.50. The first-order valence-electron chi connectivity index (χ1n) is 7.69. The highest BCUT2D eigenvalue weighted by Crippen LogP contribution is 2.33. The second-order valence-electron chi connectivity index (χ2n) is 5.51. The van der Waals surface area contributed by atoms with Gasteiger partial charge in [-0.25, -0.2) is 4.79 Å². The first kappa shape index (κ1) is 17.3. The standard InChI is InChI=1S/C17H15Cl2N5O/c18-13-10-21-11-14(19)16(13)23-5-7-24(8-6-23)17(25)22-15-4-2-1-3-12(15)9-20/h1-4,10-11H,5-8H2,(H,22,25). The number of aromatic nitrogens is 1. The van der Waals surface area contributed by atoms with E-state index in [0.29, 0.717) is 47.5 Å². The predicted molar refractivity (Wildman–Crippen MR) is 98.2 cm³/mol. The number of pyridine rings is 1. The van der Waals surface area contributed by atoms with Crippen LogP contribution >= 0.6 is 23.2 Å². The first-order valence-corrected chi connectivity index (χ1v) is 8.44. The largest absolute Gasteiger partial charge is 0.365 e. The molecule has 0 atom stereocenters. The van der Waals surface area contributed by atoms with E-state index in [0.717, 1.165) is 5.69 Å². The molecule has 1 aromatic heterocycles. The Morgan fingerprint density at radius 1 is 1.12 bits per heavy atom. The van der Waals surface area contributed by atoms with Gasteiger partial charge in [-0.3, -0.25) is 4.98 Å². The number of halogens is 2. The van der Waals surface area contributed by atoms with E-state index in [2.05, 4.69) is 16.4 Å². The Labute approximate surface area is 155 Å².